The highest BCUT2D eigenvalue weighted by Gasteiger charge is 2.07. The Hall–Kier alpha value is -0.890. The van der Waals surface area contributed by atoms with Crippen LogP contribution in [0.5, 0.6) is 0 Å². The molecule has 0 amide bonds. The van der Waals surface area contributed by atoms with Crippen LogP contribution in [-0.2, 0) is 4.79 Å². The monoisotopic (exact) mass is 256 g/mol. The quantitative estimate of drug-likeness (QED) is 0.188. The fraction of sp³-hybridized carbons (Fsp3) is 0. The average Bonchev–Trinajstić information content (AvgIpc) is 2.15. The number of thiocarbonyl (C=S) groups is 1. The molecule has 0 aromatic rings. The number of hydrogen-bond donors (Lipinski definition) is 4. The van der Waals surface area contributed by atoms with Crippen LogP contribution in [0.3, 0.4) is 0 Å². The summed E-state index contributed by atoms with van der Waals surface area (Å²) in [5, 5.41) is 11.1. The molecule has 5 N–H and O–H groups in total. The maximum Gasteiger partial charge on any atom is 0.348 e. The van der Waals surface area contributed by atoms with Gasteiger partial charge in [-0.3, -0.25) is 10.9 Å². The standard InChI is InChI=1S/C5H6Cl2N4O2S/c6-2(3(7)4(12)13)1-9-11-5(14)10-8/h1H,8H2,(H,12,13)(H2,10,11,14)/b3-2+,9-1-. The third-order valence-electron chi connectivity index (χ3n) is 0.873. The van der Waals surface area contributed by atoms with Crippen molar-refractivity contribution in [2.75, 3.05) is 0 Å². The number of rotatable bonds is 3. The van der Waals surface area contributed by atoms with E-state index in [4.69, 9.17) is 34.2 Å². The minimum absolute atomic E-state index is 0.0529. The lowest BCUT2D eigenvalue weighted by atomic mass is 10.5. The molecule has 78 valence electrons. The van der Waals surface area contributed by atoms with Crippen LogP contribution in [-0.4, -0.2) is 22.4 Å². The Labute approximate surface area is 94.7 Å². The summed E-state index contributed by atoms with van der Waals surface area (Å²) >= 11 is 15.3. The Morgan fingerprint density at radius 1 is 1.57 bits per heavy atom. The predicted octanol–water partition coefficient (Wildman–Crippen LogP) is 0.0838. The van der Waals surface area contributed by atoms with Gasteiger partial charge < -0.3 is 5.11 Å². The van der Waals surface area contributed by atoms with Crippen molar-refractivity contribution in [2.45, 2.75) is 0 Å². The van der Waals surface area contributed by atoms with E-state index in [2.05, 4.69) is 28.2 Å². The number of nitrogens with two attached hydrogens (primary N) is 1. The Balaban J connectivity index is 4.31. The molecule has 0 heterocycles. The molecule has 0 saturated heterocycles. The van der Waals surface area contributed by atoms with E-state index in [1.807, 2.05) is 0 Å². The van der Waals surface area contributed by atoms with Gasteiger partial charge >= 0.3 is 5.97 Å². The van der Waals surface area contributed by atoms with Gasteiger partial charge in [-0.1, -0.05) is 23.2 Å². The van der Waals surface area contributed by atoms with E-state index < -0.39 is 11.0 Å². The van der Waals surface area contributed by atoms with Gasteiger partial charge in [0, 0.05) is 0 Å². The Bertz CT molecular complexity index is 304. The molecule has 9 heteroatoms. The van der Waals surface area contributed by atoms with Gasteiger partial charge in [0.25, 0.3) is 0 Å². The van der Waals surface area contributed by atoms with Crippen molar-refractivity contribution in [3.8, 4) is 0 Å². The lowest BCUT2D eigenvalue weighted by Gasteiger charge is -1.98. The van der Waals surface area contributed by atoms with Crippen molar-refractivity contribution in [1.82, 2.24) is 10.9 Å². The Kier molecular flexibility index (Phi) is 6.13. The average molecular weight is 257 g/mol. The second-order valence-corrected chi connectivity index (χ2v) is 3.00. The first-order valence-electron chi connectivity index (χ1n) is 3.07. The third-order valence-corrected chi connectivity index (χ3v) is 1.83. The van der Waals surface area contributed by atoms with Crippen molar-refractivity contribution in [2.24, 2.45) is 10.9 Å². The number of carbonyl (C=O) groups is 1. The Morgan fingerprint density at radius 2 is 2.14 bits per heavy atom. The molecule has 0 aliphatic rings. The van der Waals surface area contributed by atoms with E-state index in [9.17, 15) is 4.79 Å². The van der Waals surface area contributed by atoms with Crippen molar-refractivity contribution in [3.63, 3.8) is 0 Å². The molecule has 0 unspecified atom stereocenters. The zero-order chi connectivity index (χ0) is 11.1. The van der Waals surface area contributed by atoms with E-state index in [-0.39, 0.29) is 10.1 Å². The first-order valence-corrected chi connectivity index (χ1v) is 4.23. The molecule has 0 aromatic carbocycles. The summed E-state index contributed by atoms with van der Waals surface area (Å²) in [6.07, 6.45) is 0.988. The number of hydrogen-bond acceptors (Lipinski definition) is 4. The summed E-state index contributed by atoms with van der Waals surface area (Å²) in [5.41, 5.74) is 4.34. The van der Waals surface area contributed by atoms with Gasteiger partial charge in [-0.15, -0.1) is 0 Å². The molecule has 0 aromatic heterocycles. The minimum Gasteiger partial charge on any atom is -0.477 e. The molecule has 0 atom stereocenters. The van der Waals surface area contributed by atoms with Crippen molar-refractivity contribution >= 4 is 52.7 Å². The normalized spacial score (nSPS) is 12.2. The summed E-state index contributed by atoms with van der Waals surface area (Å²) in [5.74, 6) is 3.56. The van der Waals surface area contributed by atoms with Gasteiger partial charge in [0.15, 0.2) is 0 Å². The van der Waals surface area contributed by atoms with Crippen LogP contribution in [0.4, 0.5) is 0 Å². The van der Waals surface area contributed by atoms with Crippen LogP contribution >= 0.6 is 35.4 Å². The van der Waals surface area contributed by atoms with Crippen molar-refractivity contribution in [1.29, 1.82) is 0 Å². The number of halogens is 2. The van der Waals surface area contributed by atoms with Gasteiger partial charge in [-0.25, -0.2) is 10.6 Å². The number of nitrogens with one attached hydrogen (secondary N) is 2. The lowest BCUT2D eigenvalue weighted by molar-refractivity contribution is -0.131. The van der Waals surface area contributed by atoms with Crippen molar-refractivity contribution in [3.05, 3.63) is 10.1 Å². The van der Waals surface area contributed by atoms with Crippen LogP contribution in [0.1, 0.15) is 0 Å². The first-order chi connectivity index (χ1) is 6.49. The number of nitrogens with zero attached hydrogens (tertiary/aromatic N) is 1. The van der Waals surface area contributed by atoms with E-state index in [0.29, 0.717) is 0 Å². The smallest absolute Gasteiger partial charge is 0.348 e. The highest BCUT2D eigenvalue weighted by atomic mass is 35.5. The summed E-state index contributed by atoms with van der Waals surface area (Å²) < 4.78 is 0. The van der Waals surface area contributed by atoms with Crippen LogP contribution in [0, 0.1) is 0 Å². The van der Waals surface area contributed by atoms with Crippen LogP contribution in [0.15, 0.2) is 15.2 Å². The molecular formula is C5H6Cl2N4O2S. The number of allylic oxidation sites excluding steroid dienone is 1. The van der Waals surface area contributed by atoms with Gasteiger partial charge in [0.1, 0.15) is 5.03 Å². The maximum atomic E-state index is 10.3. The van der Waals surface area contributed by atoms with Gasteiger partial charge in [-0.05, 0) is 12.2 Å². The first kappa shape index (κ1) is 13.1. The molecule has 0 saturated carbocycles. The number of aliphatic carboxylic acids is 1. The number of carboxylic acids is 1. The fourth-order valence-corrected chi connectivity index (χ4v) is 0.570. The zero-order valence-corrected chi connectivity index (χ0v) is 8.95. The molecular weight excluding hydrogens is 251 g/mol. The number of carboxylic acid groups (broad SMARTS) is 1. The summed E-state index contributed by atoms with van der Waals surface area (Å²) in [4.78, 5) is 10.3. The molecule has 14 heavy (non-hydrogen) atoms. The van der Waals surface area contributed by atoms with E-state index in [1.54, 1.807) is 0 Å². The van der Waals surface area contributed by atoms with Crippen LogP contribution < -0.4 is 16.7 Å². The molecule has 0 fully saturated rings. The summed E-state index contributed by atoms with van der Waals surface area (Å²) in [7, 11) is 0. The lowest BCUT2D eigenvalue weighted by Crippen LogP contribution is -2.37. The second-order valence-electron chi connectivity index (χ2n) is 1.81. The van der Waals surface area contributed by atoms with Crippen LogP contribution in [0.25, 0.3) is 0 Å². The van der Waals surface area contributed by atoms with E-state index in [0.717, 1.165) is 6.21 Å². The molecule has 0 aliphatic carbocycles. The number of hydrazine groups is 1. The third kappa shape index (κ3) is 4.97. The second kappa shape index (κ2) is 6.55. The van der Waals surface area contributed by atoms with E-state index >= 15 is 0 Å². The fourth-order valence-electron chi connectivity index (χ4n) is 0.339. The summed E-state index contributed by atoms with van der Waals surface area (Å²) in [6.45, 7) is 0. The SMILES string of the molecule is NNC(=S)N/N=C\C(Cl)=C(/Cl)C(=O)O. The molecule has 0 bridgehead atoms. The van der Waals surface area contributed by atoms with E-state index in [1.165, 1.54) is 0 Å². The molecule has 0 radical (unpaired) electrons. The topological polar surface area (TPSA) is 99.7 Å². The van der Waals surface area contributed by atoms with Gasteiger partial charge in [0.05, 0.1) is 11.2 Å². The summed E-state index contributed by atoms with van der Waals surface area (Å²) in [6, 6.07) is 0. The minimum atomic E-state index is -1.34. The molecule has 6 nitrogen and oxygen atoms in total. The largest absolute Gasteiger partial charge is 0.477 e. The maximum absolute atomic E-state index is 10.3. The van der Waals surface area contributed by atoms with Gasteiger partial charge in [0.2, 0.25) is 5.11 Å². The highest BCUT2D eigenvalue weighted by molar-refractivity contribution is 7.80. The predicted molar refractivity (Wildman–Crippen MR) is 57.9 cm³/mol. The molecule has 0 spiro atoms. The highest BCUT2D eigenvalue weighted by Crippen LogP contribution is 2.11. The van der Waals surface area contributed by atoms with Crippen LogP contribution in [0.2, 0.25) is 0 Å². The molecule has 0 rings (SSSR count). The molecule has 0 aliphatic heterocycles. The Morgan fingerprint density at radius 3 is 2.57 bits per heavy atom. The van der Waals surface area contributed by atoms with Crippen molar-refractivity contribution < 1.29 is 9.90 Å². The zero-order valence-electron chi connectivity index (χ0n) is 6.62. The number of hydrazone groups is 1. The van der Waals surface area contributed by atoms with Gasteiger partial charge in [-0.2, -0.15) is 5.10 Å².